The Kier molecular flexibility index (Phi) is 7.40. The Labute approximate surface area is 224 Å². The summed E-state index contributed by atoms with van der Waals surface area (Å²) in [4.78, 5) is 32.6. The van der Waals surface area contributed by atoms with Crippen LogP contribution in [0.25, 0.3) is 23.0 Å². The summed E-state index contributed by atoms with van der Waals surface area (Å²) in [6.45, 7) is 8.60. The molecule has 5 rings (SSSR count). The first-order chi connectivity index (χ1) is 18.7. The van der Waals surface area contributed by atoms with Crippen LogP contribution in [0.3, 0.4) is 0 Å². The van der Waals surface area contributed by atoms with Crippen LogP contribution in [0.1, 0.15) is 67.1 Å². The van der Waals surface area contributed by atoms with Crippen molar-refractivity contribution in [1.82, 2.24) is 35.0 Å². The minimum Gasteiger partial charge on any atom is -0.414 e. The lowest BCUT2D eigenvalue weighted by molar-refractivity contribution is -0.131. The summed E-state index contributed by atoms with van der Waals surface area (Å²) in [7, 11) is 0. The Balaban J connectivity index is 1.36. The van der Waals surface area contributed by atoms with Gasteiger partial charge in [-0.2, -0.15) is 0 Å². The number of likely N-dealkylation sites (tertiary alicyclic amines) is 1. The second kappa shape index (κ2) is 10.9. The maximum Gasteiger partial charge on any atom is 0.266 e. The fraction of sp³-hybridized carbons (Fsp3) is 0.393. The van der Waals surface area contributed by atoms with E-state index in [2.05, 4.69) is 25.1 Å². The Morgan fingerprint density at radius 1 is 1.03 bits per heavy atom. The third kappa shape index (κ3) is 5.52. The molecule has 1 amide bonds. The van der Waals surface area contributed by atoms with Gasteiger partial charge in [-0.1, -0.05) is 19.9 Å². The van der Waals surface area contributed by atoms with Crippen molar-refractivity contribution in [2.45, 2.75) is 58.8 Å². The molecule has 1 saturated heterocycles. The van der Waals surface area contributed by atoms with Crippen molar-refractivity contribution < 1.29 is 18.0 Å². The van der Waals surface area contributed by atoms with Crippen LogP contribution in [-0.4, -0.2) is 54.0 Å². The molecule has 1 aliphatic rings. The summed E-state index contributed by atoms with van der Waals surface area (Å²) in [5, 5.41) is 8.52. The average molecular weight is 534 g/mol. The Morgan fingerprint density at radius 2 is 1.72 bits per heavy atom. The molecule has 0 bridgehead atoms. The highest BCUT2D eigenvalue weighted by Gasteiger charge is 2.30. The zero-order valence-electron chi connectivity index (χ0n) is 22.3. The smallest absolute Gasteiger partial charge is 0.266 e. The predicted molar refractivity (Wildman–Crippen MR) is 139 cm³/mol. The van der Waals surface area contributed by atoms with Crippen LogP contribution in [0.4, 0.5) is 8.78 Å². The van der Waals surface area contributed by atoms with Crippen LogP contribution < -0.4 is 0 Å². The van der Waals surface area contributed by atoms with E-state index in [1.54, 1.807) is 17.2 Å². The van der Waals surface area contributed by atoms with E-state index in [1.807, 2.05) is 27.7 Å². The molecule has 1 fully saturated rings. The third-order valence-corrected chi connectivity index (χ3v) is 6.90. The number of aromatic nitrogens is 6. The van der Waals surface area contributed by atoms with Crippen molar-refractivity contribution >= 4 is 5.91 Å². The molecule has 11 heteroatoms. The summed E-state index contributed by atoms with van der Waals surface area (Å²) in [6.07, 6.45) is 2.60. The molecule has 0 saturated carbocycles. The summed E-state index contributed by atoms with van der Waals surface area (Å²) in [6, 6.07) is 5.34. The second-order valence-corrected chi connectivity index (χ2v) is 10.0. The number of nitrogens with zero attached hydrogens (tertiary/aromatic N) is 7. The SMILES string of the molecule is Cc1nc(C)c(-c2nnc(-c3ccnc(C(C)C)n3)o2)c(C2CCN(C(=O)Cc3c(F)cccc3F)CC2)n1. The van der Waals surface area contributed by atoms with Gasteiger partial charge >= 0.3 is 0 Å². The van der Waals surface area contributed by atoms with Gasteiger partial charge in [0.25, 0.3) is 11.8 Å². The normalized spacial score (nSPS) is 14.3. The maximum atomic E-state index is 14.1. The summed E-state index contributed by atoms with van der Waals surface area (Å²) in [5.74, 6) is 0.314. The lowest BCUT2D eigenvalue weighted by atomic mass is 9.89. The van der Waals surface area contributed by atoms with Crippen LogP contribution in [-0.2, 0) is 11.2 Å². The molecule has 0 unspecified atom stereocenters. The van der Waals surface area contributed by atoms with E-state index < -0.39 is 11.6 Å². The Hall–Kier alpha value is -4.15. The quantitative estimate of drug-likeness (QED) is 0.342. The minimum absolute atomic E-state index is 0.0107. The van der Waals surface area contributed by atoms with E-state index in [9.17, 15) is 13.6 Å². The highest BCUT2D eigenvalue weighted by atomic mass is 19.1. The van der Waals surface area contributed by atoms with E-state index in [0.29, 0.717) is 60.4 Å². The predicted octanol–water partition coefficient (Wildman–Crippen LogP) is 4.95. The highest BCUT2D eigenvalue weighted by molar-refractivity contribution is 5.79. The van der Waals surface area contributed by atoms with Crippen molar-refractivity contribution in [3.05, 3.63) is 70.7 Å². The zero-order valence-corrected chi connectivity index (χ0v) is 22.3. The molecule has 3 aromatic heterocycles. The molecule has 9 nitrogen and oxygen atoms in total. The monoisotopic (exact) mass is 533 g/mol. The molecule has 0 spiro atoms. The molecule has 0 N–H and O–H groups in total. The number of halogens is 2. The summed E-state index contributed by atoms with van der Waals surface area (Å²) >= 11 is 0. The molecule has 4 heterocycles. The Bertz CT molecular complexity index is 1490. The van der Waals surface area contributed by atoms with Crippen LogP contribution in [0.2, 0.25) is 0 Å². The molecule has 39 heavy (non-hydrogen) atoms. The molecule has 0 radical (unpaired) electrons. The molecule has 0 atom stereocenters. The van der Waals surface area contributed by atoms with Gasteiger partial charge in [-0.3, -0.25) is 4.79 Å². The van der Waals surface area contributed by atoms with Gasteiger partial charge in [0.15, 0.2) is 0 Å². The van der Waals surface area contributed by atoms with Crippen molar-refractivity contribution in [3.8, 4) is 23.0 Å². The van der Waals surface area contributed by atoms with Gasteiger partial charge in [0.2, 0.25) is 5.91 Å². The first kappa shape index (κ1) is 26.5. The first-order valence-corrected chi connectivity index (χ1v) is 12.9. The third-order valence-electron chi connectivity index (χ3n) is 6.90. The summed E-state index contributed by atoms with van der Waals surface area (Å²) < 4.78 is 34.2. The van der Waals surface area contributed by atoms with Crippen molar-refractivity contribution in [3.63, 3.8) is 0 Å². The van der Waals surface area contributed by atoms with Gasteiger partial charge in [0, 0.05) is 36.7 Å². The van der Waals surface area contributed by atoms with Gasteiger partial charge < -0.3 is 9.32 Å². The minimum atomic E-state index is -0.712. The van der Waals surface area contributed by atoms with Crippen LogP contribution in [0.15, 0.2) is 34.9 Å². The van der Waals surface area contributed by atoms with Gasteiger partial charge in [-0.25, -0.2) is 28.7 Å². The second-order valence-electron chi connectivity index (χ2n) is 10.0. The fourth-order valence-electron chi connectivity index (χ4n) is 4.86. The van der Waals surface area contributed by atoms with Crippen molar-refractivity contribution in [2.75, 3.05) is 13.1 Å². The average Bonchev–Trinajstić information content (AvgIpc) is 3.40. The molecule has 1 aliphatic heterocycles. The van der Waals surface area contributed by atoms with Gasteiger partial charge in [-0.05, 0) is 44.9 Å². The lowest BCUT2D eigenvalue weighted by Gasteiger charge is -2.32. The highest BCUT2D eigenvalue weighted by Crippen LogP contribution is 2.36. The number of amides is 1. The van der Waals surface area contributed by atoms with Crippen molar-refractivity contribution in [2.24, 2.45) is 0 Å². The standard InChI is InChI=1S/C28H29F2N7O2/c1-15(2)26-31-11-8-22(34-26)27-35-36-28(39-27)24-16(3)32-17(4)33-25(24)18-9-12-37(13-10-18)23(38)14-19-20(29)6-5-7-21(19)30/h5-8,11,15,18H,9-10,12-14H2,1-4H3. The largest absolute Gasteiger partial charge is 0.414 e. The van der Waals surface area contributed by atoms with E-state index >= 15 is 0 Å². The lowest BCUT2D eigenvalue weighted by Crippen LogP contribution is -2.39. The topological polar surface area (TPSA) is 111 Å². The molecule has 1 aromatic carbocycles. The molecular weight excluding hydrogens is 504 g/mol. The molecule has 4 aromatic rings. The van der Waals surface area contributed by atoms with Crippen LogP contribution in [0, 0.1) is 25.5 Å². The summed E-state index contributed by atoms with van der Waals surface area (Å²) in [5.41, 5.74) is 2.51. The van der Waals surface area contributed by atoms with E-state index in [0.717, 1.165) is 17.8 Å². The van der Waals surface area contributed by atoms with E-state index in [1.165, 1.54) is 6.07 Å². The number of carbonyl (C=O) groups excluding carboxylic acids is 1. The first-order valence-electron chi connectivity index (χ1n) is 12.9. The number of hydrogen-bond donors (Lipinski definition) is 0. The Morgan fingerprint density at radius 3 is 2.41 bits per heavy atom. The van der Waals surface area contributed by atoms with Gasteiger partial charge in [-0.15, -0.1) is 10.2 Å². The number of benzene rings is 1. The van der Waals surface area contributed by atoms with Crippen molar-refractivity contribution in [1.29, 1.82) is 0 Å². The van der Waals surface area contributed by atoms with E-state index in [-0.39, 0.29) is 35.6 Å². The molecular formula is C28H29F2N7O2. The van der Waals surface area contributed by atoms with Gasteiger partial charge in [0.1, 0.15) is 29.0 Å². The number of carbonyl (C=O) groups is 1. The number of hydrogen-bond acceptors (Lipinski definition) is 8. The molecule has 202 valence electrons. The fourth-order valence-corrected chi connectivity index (χ4v) is 4.86. The van der Waals surface area contributed by atoms with Crippen LogP contribution >= 0.6 is 0 Å². The zero-order chi connectivity index (χ0) is 27.7. The number of aryl methyl sites for hydroxylation is 2. The van der Waals surface area contributed by atoms with Gasteiger partial charge in [0.05, 0.1) is 23.4 Å². The maximum absolute atomic E-state index is 14.1. The van der Waals surface area contributed by atoms with Crippen LogP contribution in [0.5, 0.6) is 0 Å². The number of piperidine rings is 1. The molecule has 0 aliphatic carbocycles. The number of rotatable bonds is 6. The van der Waals surface area contributed by atoms with E-state index in [4.69, 9.17) is 9.40 Å².